The summed E-state index contributed by atoms with van der Waals surface area (Å²) in [4.78, 5) is 27.4. The summed E-state index contributed by atoms with van der Waals surface area (Å²) in [5.74, 6) is -0.162. The highest BCUT2D eigenvalue weighted by atomic mass is 35.5. The minimum Gasteiger partial charge on any atom is -0.354 e. The monoisotopic (exact) mass is 424 g/mol. The van der Waals surface area contributed by atoms with Crippen LogP contribution in [-0.2, 0) is 4.79 Å². The lowest BCUT2D eigenvalue weighted by atomic mass is 10.1. The van der Waals surface area contributed by atoms with Crippen molar-refractivity contribution in [2.75, 3.05) is 19.6 Å². The van der Waals surface area contributed by atoms with E-state index in [4.69, 9.17) is 23.2 Å². The van der Waals surface area contributed by atoms with Gasteiger partial charge in [0.1, 0.15) is 0 Å². The van der Waals surface area contributed by atoms with Crippen LogP contribution in [-0.4, -0.2) is 36.2 Å². The molecule has 1 N–H and O–H groups in total. The third kappa shape index (κ3) is 5.79. The van der Waals surface area contributed by atoms with Gasteiger partial charge in [0.05, 0.1) is 15.3 Å². The van der Waals surface area contributed by atoms with Crippen LogP contribution in [0.4, 0.5) is 0 Å². The van der Waals surface area contributed by atoms with Crippen LogP contribution in [0, 0.1) is 0 Å². The molecule has 1 unspecified atom stereocenters. The van der Waals surface area contributed by atoms with E-state index in [-0.39, 0.29) is 30.6 Å². The first-order valence-corrected chi connectivity index (χ1v) is 10.6. The first-order chi connectivity index (χ1) is 13.0. The van der Waals surface area contributed by atoms with E-state index in [9.17, 15) is 9.59 Å². The van der Waals surface area contributed by atoms with Gasteiger partial charge < -0.3 is 5.32 Å². The lowest BCUT2D eigenvalue weighted by Gasteiger charge is -2.28. The number of ketones is 1. The van der Waals surface area contributed by atoms with Crippen LogP contribution in [0.25, 0.3) is 0 Å². The van der Waals surface area contributed by atoms with Crippen molar-refractivity contribution in [1.29, 1.82) is 0 Å². The summed E-state index contributed by atoms with van der Waals surface area (Å²) in [6, 6.07) is 11.3. The molecular weight excluding hydrogens is 403 g/mol. The molecule has 1 fully saturated rings. The van der Waals surface area contributed by atoms with Gasteiger partial charge in [0.2, 0.25) is 5.91 Å². The average Bonchev–Trinajstić information content (AvgIpc) is 3.32. The van der Waals surface area contributed by atoms with Crippen molar-refractivity contribution in [3.63, 3.8) is 0 Å². The zero-order valence-corrected chi connectivity index (χ0v) is 17.2. The highest BCUT2D eigenvalue weighted by molar-refractivity contribution is 7.18. The summed E-state index contributed by atoms with van der Waals surface area (Å²) in [6.45, 7) is 2.55. The smallest absolute Gasteiger partial charge is 0.220 e. The van der Waals surface area contributed by atoms with Crippen LogP contribution in [0.5, 0.6) is 0 Å². The number of nitrogens with one attached hydrogen (secondary N) is 1. The molecular formula is C20H22Cl2N2O2S. The molecule has 1 aliphatic heterocycles. The zero-order valence-electron chi connectivity index (χ0n) is 14.9. The molecule has 0 saturated carbocycles. The third-order valence-electron chi connectivity index (χ3n) is 4.73. The second kappa shape index (κ2) is 9.69. The Morgan fingerprint density at radius 1 is 1.11 bits per heavy atom. The molecule has 2 heterocycles. The number of carbonyl (C=O) groups is 2. The first kappa shape index (κ1) is 20.3. The number of benzene rings is 1. The molecule has 1 aromatic carbocycles. The van der Waals surface area contributed by atoms with E-state index in [1.165, 1.54) is 24.2 Å². The van der Waals surface area contributed by atoms with Crippen LogP contribution in [0.3, 0.4) is 0 Å². The SMILES string of the molecule is O=C(CCC(=O)c1ccc(Cl)s1)NCC(c1cccc(Cl)c1)N1CCCC1. The third-order valence-corrected chi connectivity index (χ3v) is 6.24. The second-order valence-electron chi connectivity index (χ2n) is 6.64. The summed E-state index contributed by atoms with van der Waals surface area (Å²) in [6.07, 6.45) is 2.70. The van der Waals surface area contributed by atoms with Gasteiger partial charge in [0.25, 0.3) is 0 Å². The van der Waals surface area contributed by atoms with Crippen molar-refractivity contribution in [3.05, 3.63) is 56.2 Å². The van der Waals surface area contributed by atoms with Crippen molar-refractivity contribution in [3.8, 4) is 0 Å². The molecule has 144 valence electrons. The molecule has 4 nitrogen and oxygen atoms in total. The predicted molar refractivity (Wildman–Crippen MR) is 111 cm³/mol. The Hall–Kier alpha value is -1.40. The summed E-state index contributed by atoms with van der Waals surface area (Å²) in [5, 5.41) is 3.69. The number of hydrogen-bond donors (Lipinski definition) is 1. The number of nitrogens with zero attached hydrogens (tertiary/aromatic N) is 1. The fourth-order valence-electron chi connectivity index (χ4n) is 3.34. The highest BCUT2D eigenvalue weighted by Gasteiger charge is 2.24. The fraction of sp³-hybridized carbons (Fsp3) is 0.400. The van der Waals surface area contributed by atoms with Crippen LogP contribution < -0.4 is 5.32 Å². The molecule has 0 bridgehead atoms. The van der Waals surface area contributed by atoms with Crippen LogP contribution in [0.15, 0.2) is 36.4 Å². The van der Waals surface area contributed by atoms with E-state index in [2.05, 4.69) is 10.2 Å². The highest BCUT2D eigenvalue weighted by Crippen LogP contribution is 2.26. The summed E-state index contributed by atoms with van der Waals surface area (Å²) >= 11 is 13.3. The Balaban J connectivity index is 1.54. The molecule has 1 amide bonds. The molecule has 0 radical (unpaired) electrons. The lowest BCUT2D eigenvalue weighted by molar-refractivity contribution is -0.121. The van der Waals surface area contributed by atoms with Gasteiger partial charge in [-0.2, -0.15) is 0 Å². The molecule has 0 spiro atoms. The maximum Gasteiger partial charge on any atom is 0.220 e. The molecule has 1 saturated heterocycles. The minimum absolute atomic E-state index is 0.0482. The largest absolute Gasteiger partial charge is 0.354 e. The maximum atomic E-state index is 12.3. The maximum absolute atomic E-state index is 12.3. The van der Waals surface area contributed by atoms with Gasteiger partial charge in [-0.05, 0) is 55.8 Å². The van der Waals surface area contributed by atoms with E-state index in [1.807, 2.05) is 24.3 Å². The predicted octanol–water partition coefficient (Wildman–Crippen LogP) is 4.97. The standard InChI is InChI=1S/C20H22Cl2N2O2S/c21-15-5-3-4-14(12-15)16(24-10-1-2-11-24)13-23-20(26)9-6-17(25)18-7-8-19(22)27-18/h3-5,7-8,12,16H,1-2,6,9-11,13H2,(H,23,26). The number of rotatable bonds is 8. The van der Waals surface area contributed by atoms with E-state index in [1.54, 1.807) is 12.1 Å². The molecule has 3 rings (SSSR count). The number of likely N-dealkylation sites (tertiary alicyclic amines) is 1. The molecule has 2 aromatic rings. The Labute approximate surface area is 173 Å². The Bertz CT molecular complexity index is 803. The van der Waals surface area contributed by atoms with Gasteiger partial charge in [0, 0.05) is 24.4 Å². The Morgan fingerprint density at radius 2 is 1.89 bits per heavy atom. The van der Waals surface area contributed by atoms with Crippen molar-refractivity contribution in [1.82, 2.24) is 10.2 Å². The molecule has 27 heavy (non-hydrogen) atoms. The van der Waals surface area contributed by atoms with E-state index < -0.39 is 0 Å². The Morgan fingerprint density at radius 3 is 2.56 bits per heavy atom. The first-order valence-electron chi connectivity index (χ1n) is 9.07. The summed E-state index contributed by atoms with van der Waals surface area (Å²) in [7, 11) is 0. The van der Waals surface area contributed by atoms with Gasteiger partial charge in [-0.15, -0.1) is 11.3 Å². The van der Waals surface area contributed by atoms with Crippen LogP contribution in [0.1, 0.15) is 47.0 Å². The van der Waals surface area contributed by atoms with Crippen LogP contribution in [0.2, 0.25) is 9.36 Å². The van der Waals surface area contributed by atoms with Gasteiger partial charge in [-0.3, -0.25) is 14.5 Å². The number of hydrogen-bond acceptors (Lipinski definition) is 4. The number of carbonyl (C=O) groups excluding carboxylic acids is 2. The lowest BCUT2D eigenvalue weighted by Crippen LogP contribution is -2.36. The van der Waals surface area contributed by atoms with E-state index >= 15 is 0 Å². The summed E-state index contributed by atoms with van der Waals surface area (Å²) in [5.41, 5.74) is 1.11. The minimum atomic E-state index is -0.114. The van der Waals surface area contributed by atoms with E-state index in [0.29, 0.717) is 20.8 Å². The number of amides is 1. The number of thiophene rings is 1. The number of halogens is 2. The zero-order chi connectivity index (χ0) is 19.2. The molecule has 0 aliphatic carbocycles. The molecule has 1 aromatic heterocycles. The quantitative estimate of drug-likeness (QED) is 0.608. The average molecular weight is 425 g/mol. The number of Topliss-reactive ketones (excluding diaryl/α,β-unsaturated/α-hetero) is 1. The van der Waals surface area contributed by atoms with Gasteiger partial charge in [0.15, 0.2) is 5.78 Å². The summed E-state index contributed by atoms with van der Waals surface area (Å²) < 4.78 is 0.581. The second-order valence-corrected chi connectivity index (χ2v) is 8.80. The molecule has 1 aliphatic rings. The van der Waals surface area contributed by atoms with Gasteiger partial charge >= 0.3 is 0 Å². The fourth-order valence-corrected chi connectivity index (χ4v) is 4.55. The van der Waals surface area contributed by atoms with Crippen LogP contribution >= 0.6 is 34.5 Å². The van der Waals surface area contributed by atoms with Crippen molar-refractivity contribution in [2.24, 2.45) is 0 Å². The van der Waals surface area contributed by atoms with E-state index in [0.717, 1.165) is 18.7 Å². The van der Waals surface area contributed by atoms with Crippen molar-refractivity contribution >= 4 is 46.2 Å². The van der Waals surface area contributed by atoms with Gasteiger partial charge in [-0.1, -0.05) is 35.3 Å². The molecule has 7 heteroatoms. The van der Waals surface area contributed by atoms with Gasteiger partial charge in [-0.25, -0.2) is 0 Å². The Kier molecular flexibility index (Phi) is 7.30. The molecule has 1 atom stereocenters. The van der Waals surface area contributed by atoms with Crippen molar-refractivity contribution in [2.45, 2.75) is 31.7 Å². The topological polar surface area (TPSA) is 49.4 Å². The normalized spacial score (nSPS) is 15.6. The van der Waals surface area contributed by atoms with Crippen molar-refractivity contribution < 1.29 is 9.59 Å².